The molecule has 0 aliphatic heterocycles. The van der Waals surface area contributed by atoms with Gasteiger partial charge >= 0.3 is 0 Å². The molecular formula is C20H26N2O5S. The van der Waals surface area contributed by atoms with E-state index in [-0.39, 0.29) is 29.5 Å². The number of rotatable bonds is 10. The Balaban J connectivity index is 1.92. The van der Waals surface area contributed by atoms with Gasteiger partial charge in [-0.25, -0.2) is 13.1 Å². The van der Waals surface area contributed by atoms with Gasteiger partial charge in [0.05, 0.1) is 18.0 Å². The van der Waals surface area contributed by atoms with Crippen molar-refractivity contribution in [2.24, 2.45) is 0 Å². The Kier molecular flexibility index (Phi) is 7.98. The molecule has 2 aromatic rings. The average Bonchev–Trinajstić information content (AvgIpc) is 2.67. The van der Waals surface area contributed by atoms with E-state index in [4.69, 9.17) is 9.47 Å². The molecule has 28 heavy (non-hydrogen) atoms. The van der Waals surface area contributed by atoms with E-state index in [1.54, 1.807) is 6.07 Å². The molecule has 7 nitrogen and oxygen atoms in total. The summed E-state index contributed by atoms with van der Waals surface area (Å²) in [5.41, 5.74) is 2.33. The molecule has 0 spiro atoms. The first-order valence-electron chi connectivity index (χ1n) is 8.91. The van der Waals surface area contributed by atoms with Crippen molar-refractivity contribution in [3.05, 3.63) is 59.2 Å². The topological polar surface area (TPSA) is 93.7 Å². The number of hydrogen-bond acceptors (Lipinski definition) is 5. The monoisotopic (exact) mass is 406 g/mol. The lowest BCUT2D eigenvalue weighted by molar-refractivity contribution is 0.0946. The smallest absolute Gasteiger partial charge is 0.251 e. The van der Waals surface area contributed by atoms with Crippen molar-refractivity contribution in [3.8, 4) is 5.75 Å². The van der Waals surface area contributed by atoms with Crippen LogP contribution in [0.3, 0.4) is 0 Å². The highest BCUT2D eigenvalue weighted by Crippen LogP contribution is 2.21. The number of hydrogen-bond donors (Lipinski definition) is 2. The summed E-state index contributed by atoms with van der Waals surface area (Å²) in [6, 6.07) is 11.8. The van der Waals surface area contributed by atoms with Crippen LogP contribution in [0.25, 0.3) is 0 Å². The predicted molar refractivity (Wildman–Crippen MR) is 107 cm³/mol. The lowest BCUT2D eigenvalue weighted by atomic mass is 10.1. The lowest BCUT2D eigenvalue weighted by Crippen LogP contribution is -2.29. The summed E-state index contributed by atoms with van der Waals surface area (Å²) in [7, 11) is -2.20. The first-order chi connectivity index (χ1) is 13.3. The van der Waals surface area contributed by atoms with Gasteiger partial charge in [0.1, 0.15) is 12.4 Å². The summed E-state index contributed by atoms with van der Waals surface area (Å²) in [5, 5.41) is 2.74. The molecule has 0 fully saturated rings. The fourth-order valence-electron chi connectivity index (χ4n) is 2.61. The molecule has 8 heteroatoms. The maximum absolute atomic E-state index is 12.3. The molecular weight excluding hydrogens is 380 g/mol. The van der Waals surface area contributed by atoms with Gasteiger partial charge in [0, 0.05) is 19.2 Å². The van der Waals surface area contributed by atoms with Gasteiger partial charge in [0.25, 0.3) is 5.91 Å². The number of benzene rings is 2. The maximum Gasteiger partial charge on any atom is 0.251 e. The largest absolute Gasteiger partial charge is 0.491 e. The number of carbonyl (C=O) groups excluding carboxylic acids is 1. The minimum absolute atomic E-state index is 0.0306. The molecule has 0 aromatic heterocycles. The van der Waals surface area contributed by atoms with Crippen molar-refractivity contribution in [2.75, 3.05) is 33.4 Å². The quantitative estimate of drug-likeness (QED) is 0.589. The number of amides is 1. The Morgan fingerprint density at radius 2 is 1.68 bits per heavy atom. The zero-order valence-electron chi connectivity index (χ0n) is 16.3. The Bertz CT molecular complexity index is 892. The van der Waals surface area contributed by atoms with E-state index < -0.39 is 10.0 Å². The molecule has 2 aromatic carbocycles. The van der Waals surface area contributed by atoms with E-state index in [2.05, 4.69) is 10.0 Å². The van der Waals surface area contributed by atoms with Crippen molar-refractivity contribution in [1.29, 1.82) is 0 Å². The SMILES string of the molecule is COCCNS(=O)(=O)c1cccc(C(=O)NCCOc2c(C)cccc2C)c1. The molecule has 0 bridgehead atoms. The molecule has 1 amide bonds. The van der Waals surface area contributed by atoms with E-state index in [1.165, 1.54) is 25.3 Å². The molecule has 2 N–H and O–H groups in total. The van der Waals surface area contributed by atoms with Crippen LogP contribution in [-0.4, -0.2) is 47.7 Å². The zero-order chi connectivity index (χ0) is 20.6. The molecule has 2 rings (SSSR count). The van der Waals surface area contributed by atoms with E-state index in [0.717, 1.165) is 16.9 Å². The van der Waals surface area contributed by atoms with Gasteiger partial charge in [-0.1, -0.05) is 24.3 Å². The Labute approximate surface area is 166 Å². The lowest BCUT2D eigenvalue weighted by Gasteiger charge is -2.12. The highest BCUT2D eigenvalue weighted by atomic mass is 32.2. The van der Waals surface area contributed by atoms with Crippen LogP contribution >= 0.6 is 0 Å². The summed E-state index contributed by atoms with van der Waals surface area (Å²) >= 11 is 0. The maximum atomic E-state index is 12.3. The number of methoxy groups -OCH3 is 1. The first kappa shape index (κ1) is 21.9. The summed E-state index contributed by atoms with van der Waals surface area (Å²) in [5.74, 6) is 0.450. The van der Waals surface area contributed by atoms with Gasteiger partial charge in [0.15, 0.2) is 0 Å². The summed E-state index contributed by atoms with van der Waals surface area (Å²) in [6.07, 6.45) is 0. The predicted octanol–water partition coefficient (Wildman–Crippen LogP) is 2.04. The third-order valence-electron chi connectivity index (χ3n) is 4.05. The van der Waals surface area contributed by atoms with Crippen LogP contribution in [0.2, 0.25) is 0 Å². The van der Waals surface area contributed by atoms with Crippen molar-refractivity contribution in [2.45, 2.75) is 18.7 Å². The number of nitrogens with one attached hydrogen (secondary N) is 2. The van der Waals surface area contributed by atoms with Gasteiger partial charge < -0.3 is 14.8 Å². The van der Waals surface area contributed by atoms with Crippen LogP contribution in [0, 0.1) is 13.8 Å². The third kappa shape index (κ3) is 6.05. The number of aryl methyl sites for hydroxylation is 2. The van der Waals surface area contributed by atoms with Crippen LogP contribution in [0.15, 0.2) is 47.4 Å². The van der Waals surface area contributed by atoms with Gasteiger partial charge in [-0.2, -0.15) is 0 Å². The molecule has 0 aliphatic rings. The molecule has 0 saturated carbocycles. The molecule has 0 heterocycles. The fourth-order valence-corrected chi connectivity index (χ4v) is 3.67. The van der Waals surface area contributed by atoms with E-state index in [0.29, 0.717) is 13.2 Å². The highest BCUT2D eigenvalue weighted by Gasteiger charge is 2.15. The number of ether oxygens (including phenoxy) is 2. The van der Waals surface area contributed by atoms with Crippen LogP contribution in [-0.2, 0) is 14.8 Å². The van der Waals surface area contributed by atoms with Gasteiger partial charge in [-0.15, -0.1) is 0 Å². The Hall–Kier alpha value is -2.42. The molecule has 152 valence electrons. The van der Waals surface area contributed by atoms with Crippen molar-refractivity contribution in [1.82, 2.24) is 10.0 Å². The molecule has 0 saturated heterocycles. The first-order valence-corrected chi connectivity index (χ1v) is 10.4. The standard InChI is InChI=1S/C20H26N2O5S/c1-15-6-4-7-16(2)19(15)27-13-10-21-20(23)17-8-5-9-18(14-17)28(24,25)22-11-12-26-3/h4-9,14,22H,10-13H2,1-3H3,(H,21,23). The normalized spacial score (nSPS) is 11.2. The Morgan fingerprint density at radius 3 is 2.36 bits per heavy atom. The average molecular weight is 407 g/mol. The van der Waals surface area contributed by atoms with E-state index in [1.807, 2.05) is 32.0 Å². The zero-order valence-corrected chi connectivity index (χ0v) is 17.1. The third-order valence-corrected chi connectivity index (χ3v) is 5.51. The number of sulfonamides is 1. The molecule has 0 radical (unpaired) electrons. The van der Waals surface area contributed by atoms with E-state index in [9.17, 15) is 13.2 Å². The van der Waals surface area contributed by atoms with Gasteiger partial charge in [-0.3, -0.25) is 4.79 Å². The fraction of sp³-hybridized carbons (Fsp3) is 0.350. The van der Waals surface area contributed by atoms with Crippen LogP contribution in [0.5, 0.6) is 5.75 Å². The van der Waals surface area contributed by atoms with Gasteiger partial charge in [0.2, 0.25) is 10.0 Å². The number of para-hydroxylation sites is 1. The Morgan fingerprint density at radius 1 is 1.00 bits per heavy atom. The molecule has 0 aliphatic carbocycles. The summed E-state index contributed by atoms with van der Waals surface area (Å²) < 4.78 is 37.5. The van der Waals surface area contributed by atoms with Crippen LogP contribution < -0.4 is 14.8 Å². The van der Waals surface area contributed by atoms with Crippen LogP contribution in [0.4, 0.5) is 0 Å². The van der Waals surface area contributed by atoms with Crippen molar-refractivity contribution in [3.63, 3.8) is 0 Å². The van der Waals surface area contributed by atoms with Crippen molar-refractivity contribution < 1.29 is 22.7 Å². The minimum atomic E-state index is -3.69. The second-order valence-corrected chi connectivity index (χ2v) is 8.01. The van der Waals surface area contributed by atoms with Gasteiger partial charge in [-0.05, 0) is 43.2 Å². The van der Waals surface area contributed by atoms with E-state index >= 15 is 0 Å². The second kappa shape index (κ2) is 10.2. The molecule has 0 unspecified atom stereocenters. The van der Waals surface area contributed by atoms with Crippen LogP contribution in [0.1, 0.15) is 21.5 Å². The minimum Gasteiger partial charge on any atom is -0.491 e. The second-order valence-electron chi connectivity index (χ2n) is 6.24. The highest BCUT2D eigenvalue weighted by molar-refractivity contribution is 7.89. The van der Waals surface area contributed by atoms with Crippen molar-refractivity contribution >= 4 is 15.9 Å². The summed E-state index contributed by atoms with van der Waals surface area (Å²) in [4.78, 5) is 12.4. The molecule has 0 atom stereocenters. The summed E-state index contributed by atoms with van der Waals surface area (Å²) in [6.45, 7) is 4.97. The number of carbonyl (C=O) groups is 1.